The van der Waals surface area contributed by atoms with E-state index in [9.17, 15) is 5.11 Å². The van der Waals surface area contributed by atoms with Crippen LogP contribution in [-0.2, 0) is 9.47 Å². The zero-order valence-electron chi connectivity index (χ0n) is 19.4. The molecular weight excluding hydrogens is 436 g/mol. The first kappa shape index (κ1) is 20.9. The highest BCUT2D eigenvalue weighted by Gasteiger charge is 2.55. The molecule has 0 radical (unpaired) electrons. The summed E-state index contributed by atoms with van der Waals surface area (Å²) in [6, 6.07) is 4.02. The van der Waals surface area contributed by atoms with E-state index in [4.69, 9.17) is 24.2 Å². The van der Waals surface area contributed by atoms with E-state index in [0.29, 0.717) is 54.4 Å². The quantitative estimate of drug-likeness (QED) is 0.506. The van der Waals surface area contributed by atoms with Crippen LogP contribution in [-0.4, -0.2) is 62.5 Å². The zero-order valence-corrected chi connectivity index (χ0v) is 19.4. The molecule has 4 N–H and O–H groups in total. The highest BCUT2D eigenvalue weighted by Crippen LogP contribution is 2.56. The average molecular weight is 469 g/mol. The van der Waals surface area contributed by atoms with E-state index >= 15 is 0 Å². The number of H-pyrrole nitrogens is 1. The lowest BCUT2D eigenvalue weighted by Gasteiger charge is -2.58. The van der Waals surface area contributed by atoms with Gasteiger partial charge in [-0.15, -0.1) is 0 Å². The Morgan fingerprint density at radius 2 is 1.97 bits per heavy atom. The van der Waals surface area contributed by atoms with Gasteiger partial charge in [0.05, 0.1) is 24.7 Å². The summed E-state index contributed by atoms with van der Waals surface area (Å²) in [4.78, 5) is 9.52. The normalized spacial score (nSPS) is 39.9. The molecule has 0 amide bonds. The maximum absolute atomic E-state index is 11.0. The number of aliphatic hydroxyl groups is 1. The Kier molecular flexibility index (Phi) is 4.79. The molecule has 10 heteroatoms. The van der Waals surface area contributed by atoms with Gasteiger partial charge in [-0.05, 0) is 63.2 Å². The van der Waals surface area contributed by atoms with Crippen molar-refractivity contribution in [3.63, 3.8) is 0 Å². The SMILES string of the molecule is Cc1cc(Nc2cc(OC3COC4OCCC34)nc(NC3C4CC5CC3CC(O)(C5)C4)n2)n[nH]1. The number of aromatic nitrogens is 4. The summed E-state index contributed by atoms with van der Waals surface area (Å²) < 4.78 is 17.7. The Morgan fingerprint density at radius 3 is 2.74 bits per heavy atom. The number of hydrogen-bond acceptors (Lipinski definition) is 9. The molecule has 4 saturated carbocycles. The van der Waals surface area contributed by atoms with Gasteiger partial charge >= 0.3 is 0 Å². The molecule has 6 fully saturated rings. The summed E-state index contributed by atoms with van der Waals surface area (Å²) in [5.41, 5.74) is 0.501. The van der Waals surface area contributed by atoms with Crippen molar-refractivity contribution in [3.8, 4) is 5.88 Å². The van der Waals surface area contributed by atoms with Crippen LogP contribution in [0.4, 0.5) is 17.6 Å². The summed E-state index contributed by atoms with van der Waals surface area (Å²) in [7, 11) is 0. The summed E-state index contributed by atoms with van der Waals surface area (Å²) in [5, 5.41) is 25.1. The summed E-state index contributed by atoms with van der Waals surface area (Å²) in [5.74, 6) is 4.16. The third-order valence-corrected chi connectivity index (χ3v) is 8.46. The first-order valence-electron chi connectivity index (χ1n) is 12.6. The first-order chi connectivity index (χ1) is 16.5. The van der Waals surface area contributed by atoms with Crippen LogP contribution in [0, 0.1) is 30.6 Å². The van der Waals surface area contributed by atoms with Gasteiger partial charge in [0.25, 0.3) is 0 Å². The second kappa shape index (κ2) is 7.79. The van der Waals surface area contributed by atoms with Gasteiger partial charge in [-0.1, -0.05) is 0 Å². The van der Waals surface area contributed by atoms with Gasteiger partial charge in [0, 0.05) is 23.9 Å². The van der Waals surface area contributed by atoms with Crippen molar-refractivity contribution in [2.45, 2.75) is 69.5 Å². The minimum atomic E-state index is -0.465. The van der Waals surface area contributed by atoms with E-state index in [-0.39, 0.29) is 24.4 Å². The molecule has 4 bridgehead atoms. The van der Waals surface area contributed by atoms with Gasteiger partial charge in [0.15, 0.2) is 12.1 Å². The van der Waals surface area contributed by atoms with Gasteiger partial charge in [-0.3, -0.25) is 5.10 Å². The van der Waals surface area contributed by atoms with Crippen LogP contribution in [0.25, 0.3) is 0 Å². The van der Waals surface area contributed by atoms with Gasteiger partial charge in [0.2, 0.25) is 11.8 Å². The molecule has 34 heavy (non-hydrogen) atoms. The van der Waals surface area contributed by atoms with Crippen LogP contribution in [0.1, 0.15) is 44.2 Å². The fourth-order valence-corrected chi connectivity index (χ4v) is 7.30. The summed E-state index contributed by atoms with van der Waals surface area (Å²) in [6.07, 6.45) is 5.72. The molecule has 6 aliphatic rings. The highest BCUT2D eigenvalue weighted by atomic mass is 16.7. The molecular formula is C24H32N6O4. The van der Waals surface area contributed by atoms with Crippen LogP contribution in [0.2, 0.25) is 0 Å². The Bertz CT molecular complexity index is 1060. The molecule has 10 nitrogen and oxygen atoms in total. The first-order valence-corrected chi connectivity index (χ1v) is 12.6. The maximum atomic E-state index is 11.0. The predicted octanol–water partition coefficient (Wildman–Crippen LogP) is 2.74. The highest BCUT2D eigenvalue weighted by molar-refractivity contribution is 5.55. The topological polar surface area (TPSA) is 126 Å². The Labute approximate surface area is 198 Å². The number of nitrogens with zero attached hydrogens (tertiary/aromatic N) is 3. The van der Waals surface area contributed by atoms with Crippen molar-refractivity contribution in [1.29, 1.82) is 0 Å². The molecule has 4 aliphatic carbocycles. The van der Waals surface area contributed by atoms with E-state index in [1.807, 2.05) is 19.1 Å². The Hall–Kier alpha value is -2.43. The largest absolute Gasteiger partial charge is 0.471 e. The van der Waals surface area contributed by atoms with Crippen molar-refractivity contribution >= 4 is 17.6 Å². The predicted molar refractivity (Wildman–Crippen MR) is 123 cm³/mol. The van der Waals surface area contributed by atoms with Crippen LogP contribution in [0.15, 0.2) is 12.1 Å². The van der Waals surface area contributed by atoms with Crippen molar-refractivity contribution in [3.05, 3.63) is 17.8 Å². The van der Waals surface area contributed by atoms with E-state index in [1.54, 1.807) is 0 Å². The number of aryl methyl sites for hydroxylation is 1. The second-order valence-electron chi connectivity index (χ2n) is 11.0. The number of fused-ring (bicyclic) bond motifs is 1. The minimum absolute atomic E-state index is 0.0915. The molecule has 5 unspecified atom stereocenters. The van der Waals surface area contributed by atoms with Crippen LogP contribution in [0.3, 0.4) is 0 Å². The molecule has 0 aromatic carbocycles. The maximum Gasteiger partial charge on any atom is 0.228 e. The second-order valence-corrected chi connectivity index (χ2v) is 11.0. The smallest absolute Gasteiger partial charge is 0.228 e. The minimum Gasteiger partial charge on any atom is -0.471 e. The molecule has 0 spiro atoms. The standard InChI is InChI=1S/C24H32N6O4/c1-12-4-19(30-29-12)25-18-7-20(34-17-11-33-22-16(17)2-3-32-22)27-23(26-18)28-21-14-5-13-6-15(21)10-24(31,8-13)9-14/h4,7,13-17,21-22,31H,2-3,5-6,8-11H2,1H3,(H3,25,26,27,28,29,30). The number of nitrogens with one attached hydrogen (secondary N) is 3. The molecule has 4 heterocycles. The number of ether oxygens (including phenoxy) is 3. The van der Waals surface area contributed by atoms with Crippen molar-refractivity contribution < 1.29 is 19.3 Å². The third-order valence-electron chi connectivity index (χ3n) is 8.46. The number of hydrogen-bond donors (Lipinski definition) is 4. The molecule has 2 aliphatic heterocycles. The van der Waals surface area contributed by atoms with Crippen molar-refractivity contribution in [2.24, 2.45) is 23.7 Å². The van der Waals surface area contributed by atoms with Crippen LogP contribution in [0.5, 0.6) is 5.88 Å². The van der Waals surface area contributed by atoms with E-state index < -0.39 is 5.60 Å². The number of anilines is 3. The van der Waals surface area contributed by atoms with Crippen LogP contribution >= 0.6 is 0 Å². The average Bonchev–Trinajstić information content (AvgIpc) is 3.49. The Balaban J connectivity index is 1.15. The Morgan fingerprint density at radius 1 is 1.12 bits per heavy atom. The lowest BCUT2D eigenvalue weighted by atomic mass is 9.52. The molecule has 5 atom stereocenters. The van der Waals surface area contributed by atoms with Gasteiger partial charge < -0.3 is 30.0 Å². The summed E-state index contributed by atoms with van der Waals surface area (Å²) >= 11 is 0. The van der Waals surface area contributed by atoms with Gasteiger partial charge in [-0.25, -0.2) is 0 Å². The zero-order chi connectivity index (χ0) is 22.9. The van der Waals surface area contributed by atoms with E-state index in [2.05, 4.69) is 20.8 Å². The van der Waals surface area contributed by atoms with E-state index in [0.717, 1.165) is 31.4 Å². The molecule has 2 aromatic heterocycles. The molecule has 8 rings (SSSR count). The molecule has 2 saturated heterocycles. The lowest BCUT2D eigenvalue weighted by Crippen LogP contribution is -2.59. The number of rotatable bonds is 6. The molecule has 182 valence electrons. The number of aromatic amines is 1. The lowest BCUT2D eigenvalue weighted by molar-refractivity contribution is -0.129. The van der Waals surface area contributed by atoms with Gasteiger partial charge in [0.1, 0.15) is 11.9 Å². The van der Waals surface area contributed by atoms with Crippen LogP contribution < -0.4 is 15.4 Å². The fourth-order valence-electron chi connectivity index (χ4n) is 7.30. The van der Waals surface area contributed by atoms with Crippen molar-refractivity contribution in [1.82, 2.24) is 20.2 Å². The van der Waals surface area contributed by atoms with Crippen molar-refractivity contribution in [2.75, 3.05) is 23.8 Å². The van der Waals surface area contributed by atoms with Gasteiger partial charge in [-0.2, -0.15) is 15.1 Å². The summed E-state index contributed by atoms with van der Waals surface area (Å²) in [6.45, 7) is 3.16. The third kappa shape index (κ3) is 3.72. The fraction of sp³-hybridized carbons (Fsp3) is 0.708. The monoisotopic (exact) mass is 468 g/mol. The van der Waals surface area contributed by atoms with E-state index in [1.165, 1.54) is 12.8 Å². The molecule has 2 aromatic rings.